The maximum absolute atomic E-state index is 13.1. The first kappa shape index (κ1) is 21.1. The molecule has 2 aromatic carbocycles. The van der Waals surface area contributed by atoms with E-state index < -0.39 is 6.04 Å². The number of rotatable bonds is 4. The zero-order valence-electron chi connectivity index (χ0n) is 17.8. The summed E-state index contributed by atoms with van der Waals surface area (Å²) < 4.78 is 6.92. The Labute approximate surface area is 194 Å². The first-order chi connectivity index (χ1) is 16.0. The van der Waals surface area contributed by atoms with Gasteiger partial charge in [0.25, 0.3) is 5.91 Å². The number of ketones is 1. The van der Waals surface area contributed by atoms with Crippen LogP contribution in [0.3, 0.4) is 0 Å². The molecular weight excluding hydrogens is 444 g/mol. The molecule has 0 radical (unpaired) electrons. The number of amides is 1. The van der Waals surface area contributed by atoms with Crippen LogP contribution in [0.15, 0.2) is 59.9 Å². The van der Waals surface area contributed by atoms with Gasteiger partial charge in [0.2, 0.25) is 0 Å². The molecule has 33 heavy (non-hydrogen) atoms. The van der Waals surface area contributed by atoms with E-state index in [2.05, 4.69) is 15.7 Å². The highest BCUT2D eigenvalue weighted by Crippen LogP contribution is 2.43. The normalized spacial score (nSPS) is 17.2. The van der Waals surface area contributed by atoms with Gasteiger partial charge < -0.3 is 20.5 Å². The fraction of sp³-hybridized carbons (Fsp3) is 0.208. The van der Waals surface area contributed by atoms with Crippen molar-refractivity contribution in [1.29, 1.82) is 0 Å². The van der Waals surface area contributed by atoms with Crippen molar-refractivity contribution in [2.45, 2.75) is 25.3 Å². The Morgan fingerprint density at radius 1 is 1.24 bits per heavy atom. The van der Waals surface area contributed by atoms with Gasteiger partial charge in [0.05, 0.1) is 13.3 Å². The van der Waals surface area contributed by atoms with Crippen LogP contribution in [0.2, 0.25) is 5.02 Å². The fourth-order valence-corrected chi connectivity index (χ4v) is 4.45. The minimum Gasteiger partial charge on any atom is -0.504 e. The molecular formula is C24H21ClN4O4. The highest BCUT2D eigenvalue weighted by molar-refractivity contribution is 6.30. The molecule has 1 aliphatic heterocycles. The van der Waals surface area contributed by atoms with E-state index in [-0.39, 0.29) is 17.4 Å². The minimum atomic E-state index is -0.546. The van der Waals surface area contributed by atoms with Crippen LogP contribution in [0.4, 0.5) is 11.5 Å². The number of halogens is 1. The van der Waals surface area contributed by atoms with E-state index in [4.69, 9.17) is 16.3 Å². The topological polar surface area (TPSA) is 105 Å². The van der Waals surface area contributed by atoms with Gasteiger partial charge in [-0.05, 0) is 54.8 Å². The van der Waals surface area contributed by atoms with Gasteiger partial charge in [0, 0.05) is 28.4 Å². The first-order valence-electron chi connectivity index (χ1n) is 10.5. The van der Waals surface area contributed by atoms with E-state index in [1.165, 1.54) is 19.4 Å². The predicted octanol–water partition coefficient (Wildman–Crippen LogP) is 4.53. The summed E-state index contributed by atoms with van der Waals surface area (Å²) >= 11 is 5.93. The van der Waals surface area contributed by atoms with Crippen LogP contribution >= 0.6 is 11.6 Å². The van der Waals surface area contributed by atoms with E-state index in [1.54, 1.807) is 41.1 Å². The van der Waals surface area contributed by atoms with Gasteiger partial charge in [-0.25, -0.2) is 4.68 Å². The third-order valence-electron chi connectivity index (χ3n) is 5.91. The molecule has 1 atom stereocenters. The highest BCUT2D eigenvalue weighted by atomic mass is 35.5. The number of aromatic hydroxyl groups is 1. The molecule has 3 aromatic rings. The number of benzene rings is 2. The number of phenols is 1. The second-order valence-corrected chi connectivity index (χ2v) is 8.38. The number of anilines is 2. The smallest absolute Gasteiger partial charge is 0.261 e. The van der Waals surface area contributed by atoms with Gasteiger partial charge in [0.15, 0.2) is 17.3 Å². The number of Topliss-reactive ketones (excluding diaryl/α,β-unsaturated/α-hetero) is 1. The van der Waals surface area contributed by atoms with E-state index in [9.17, 15) is 14.7 Å². The molecule has 168 valence electrons. The minimum absolute atomic E-state index is 0.00285. The molecule has 0 fully saturated rings. The molecule has 2 aliphatic rings. The Hall–Kier alpha value is -3.78. The van der Waals surface area contributed by atoms with Crippen molar-refractivity contribution in [1.82, 2.24) is 9.78 Å². The van der Waals surface area contributed by atoms with Gasteiger partial charge in [-0.2, -0.15) is 5.10 Å². The second-order valence-electron chi connectivity index (χ2n) is 7.94. The van der Waals surface area contributed by atoms with Gasteiger partial charge in [0.1, 0.15) is 17.4 Å². The van der Waals surface area contributed by atoms with Crippen molar-refractivity contribution < 1.29 is 19.4 Å². The van der Waals surface area contributed by atoms with Gasteiger partial charge in [-0.3, -0.25) is 9.59 Å². The highest BCUT2D eigenvalue weighted by Gasteiger charge is 2.37. The van der Waals surface area contributed by atoms with Crippen molar-refractivity contribution in [3.05, 3.63) is 76.1 Å². The Bertz CT molecular complexity index is 1300. The molecule has 5 rings (SSSR count). The molecule has 1 amide bonds. The van der Waals surface area contributed by atoms with Crippen LogP contribution in [-0.2, 0) is 4.79 Å². The lowest BCUT2D eigenvalue weighted by Crippen LogP contribution is -2.32. The number of carbonyl (C=O) groups is 2. The molecule has 1 aromatic heterocycles. The Kier molecular flexibility index (Phi) is 5.30. The lowest BCUT2D eigenvalue weighted by Gasteiger charge is -2.33. The van der Waals surface area contributed by atoms with Gasteiger partial charge >= 0.3 is 0 Å². The second kappa shape index (κ2) is 8.29. The third-order valence-corrected chi connectivity index (χ3v) is 6.16. The van der Waals surface area contributed by atoms with Gasteiger partial charge in [-0.1, -0.05) is 17.7 Å². The molecule has 0 saturated carbocycles. The summed E-state index contributed by atoms with van der Waals surface area (Å²) in [4.78, 5) is 26.0. The van der Waals surface area contributed by atoms with Gasteiger partial charge in [-0.15, -0.1) is 0 Å². The summed E-state index contributed by atoms with van der Waals surface area (Å²) in [5.74, 6) is 0.509. The van der Waals surface area contributed by atoms with Crippen molar-refractivity contribution in [3.63, 3.8) is 0 Å². The van der Waals surface area contributed by atoms with E-state index in [0.29, 0.717) is 46.3 Å². The maximum atomic E-state index is 13.1. The van der Waals surface area contributed by atoms with Crippen molar-refractivity contribution in [2.75, 3.05) is 17.7 Å². The third kappa shape index (κ3) is 3.72. The Morgan fingerprint density at radius 2 is 2.03 bits per heavy atom. The number of hydrogen-bond donors (Lipinski definition) is 3. The predicted molar refractivity (Wildman–Crippen MR) is 124 cm³/mol. The number of fused-ring (bicyclic) bond motifs is 1. The summed E-state index contributed by atoms with van der Waals surface area (Å²) in [6.45, 7) is 0. The number of nitrogens with one attached hydrogen (secondary N) is 2. The van der Waals surface area contributed by atoms with Crippen LogP contribution in [0, 0.1) is 0 Å². The lowest BCUT2D eigenvalue weighted by molar-refractivity contribution is -0.116. The summed E-state index contributed by atoms with van der Waals surface area (Å²) in [6, 6.07) is 11.2. The Balaban J connectivity index is 1.58. The molecule has 1 aliphatic carbocycles. The van der Waals surface area contributed by atoms with Crippen LogP contribution < -0.4 is 15.4 Å². The SMILES string of the molecule is COc1cc([C@@H]2C3=C(CCCC3=O)Nc3c(C(=O)Nc4ccc(Cl)cc4)cnn32)ccc1O. The van der Waals surface area contributed by atoms with Crippen LogP contribution in [0.25, 0.3) is 0 Å². The van der Waals surface area contributed by atoms with E-state index in [0.717, 1.165) is 17.7 Å². The number of methoxy groups -OCH3 is 1. The zero-order chi connectivity index (χ0) is 23.1. The average molecular weight is 465 g/mol. The summed E-state index contributed by atoms with van der Waals surface area (Å²) in [6.07, 6.45) is 3.36. The number of allylic oxidation sites excluding steroid dienone is 2. The van der Waals surface area contributed by atoms with Crippen LogP contribution in [0.1, 0.15) is 41.2 Å². The molecule has 3 N–H and O–H groups in total. The summed E-state index contributed by atoms with van der Waals surface area (Å²) in [7, 11) is 1.47. The Morgan fingerprint density at radius 3 is 2.79 bits per heavy atom. The van der Waals surface area contributed by atoms with Crippen molar-refractivity contribution >= 4 is 34.8 Å². The zero-order valence-corrected chi connectivity index (χ0v) is 18.5. The fourth-order valence-electron chi connectivity index (χ4n) is 4.33. The number of hydrogen-bond acceptors (Lipinski definition) is 6. The monoisotopic (exact) mass is 464 g/mol. The van der Waals surface area contributed by atoms with E-state index in [1.807, 2.05) is 0 Å². The lowest BCUT2D eigenvalue weighted by atomic mass is 9.85. The molecule has 8 nitrogen and oxygen atoms in total. The number of ether oxygens (including phenoxy) is 1. The van der Waals surface area contributed by atoms with Crippen LogP contribution in [0.5, 0.6) is 11.5 Å². The van der Waals surface area contributed by atoms with Crippen LogP contribution in [-0.4, -0.2) is 33.7 Å². The quantitative estimate of drug-likeness (QED) is 0.524. The standard InChI is InChI=1S/C24H21ClN4O4/c1-33-20-11-13(5-10-18(20)30)22-21-17(3-2-4-19(21)31)28-23-16(12-26-29(22)23)24(32)27-15-8-6-14(25)7-9-15/h5-12,22,28,30H,2-4H2,1H3,(H,27,32)/t22-/m1/s1. The first-order valence-corrected chi connectivity index (χ1v) is 10.9. The molecule has 9 heteroatoms. The molecule has 0 saturated heterocycles. The van der Waals surface area contributed by atoms with Crippen molar-refractivity contribution in [3.8, 4) is 11.5 Å². The number of aromatic nitrogens is 2. The van der Waals surface area contributed by atoms with E-state index >= 15 is 0 Å². The molecule has 2 heterocycles. The summed E-state index contributed by atoms with van der Waals surface area (Å²) in [5.41, 5.74) is 3.09. The van der Waals surface area contributed by atoms with Crippen molar-refractivity contribution in [2.24, 2.45) is 0 Å². The number of carbonyl (C=O) groups excluding carboxylic acids is 2. The largest absolute Gasteiger partial charge is 0.504 e. The number of nitrogens with zero attached hydrogens (tertiary/aromatic N) is 2. The molecule has 0 bridgehead atoms. The maximum Gasteiger partial charge on any atom is 0.261 e. The molecule has 0 unspecified atom stereocenters. The number of phenolic OH excluding ortho intramolecular Hbond substituents is 1. The average Bonchev–Trinajstić information content (AvgIpc) is 3.23. The summed E-state index contributed by atoms with van der Waals surface area (Å²) in [5, 5.41) is 21.2. The molecule has 0 spiro atoms.